The summed E-state index contributed by atoms with van der Waals surface area (Å²) in [6.45, 7) is -0.279. The molecule has 0 radical (unpaired) electrons. The van der Waals surface area contributed by atoms with Gasteiger partial charge in [0.1, 0.15) is 19.0 Å². The van der Waals surface area contributed by atoms with Gasteiger partial charge in [-0.05, 0) is 23.8 Å². The monoisotopic (exact) mass is 276 g/mol. The summed E-state index contributed by atoms with van der Waals surface area (Å²) in [4.78, 5) is 25.8. The second-order valence-corrected chi connectivity index (χ2v) is 4.43. The zero-order chi connectivity index (χ0) is 14.7. The minimum atomic E-state index is -0.503. The molecule has 1 aromatic carbocycles. The lowest BCUT2D eigenvalue weighted by atomic mass is 10.1. The lowest BCUT2D eigenvalue weighted by Crippen LogP contribution is -2.31. The molecule has 3 amide bonds. The molecule has 6 heteroatoms. The Labute approximate surface area is 115 Å². The van der Waals surface area contributed by atoms with Crippen LogP contribution < -0.4 is 0 Å². The molecule has 0 saturated carbocycles. The van der Waals surface area contributed by atoms with Crippen LogP contribution in [0, 0.1) is 17.7 Å². The van der Waals surface area contributed by atoms with Gasteiger partial charge in [-0.15, -0.1) is 0 Å². The summed E-state index contributed by atoms with van der Waals surface area (Å²) >= 11 is 0. The third-order valence-corrected chi connectivity index (χ3v) is 2.84. The number of imide groups is 1. The Kier molecular flexibility index (Phi) is 4.01. The molecule has 0 spiro atoms. The zero-order valence-corrected chi connectivity index (χ0v) is 10.9. The third-order valence-electron chi connectivity index (χ3n) is 2.84. The number of halogens is 1. The number of aliphatic hydroxyl groups is 1. The molecule has 5 nitrogen and oxygen atoms in total. The van der Waals surface area contributed by atoms with Crippen LogP contribution in [0.1, 0.15) is 11.1 Å². The van der Waals surface area contributed by atoms with Gasteiger partial charge in [-0.25, -0.2) is 9.18 Å². The number of aliphatic hydroxyl groups excluding tert-OH is 1. The van der Waals surface area contributed by atoms with Crippen LogP contribution in [0.5, 0.6) is 0 Å². The van der Waals surface area contributed by atoms with Crippen LogP contribution in [0.25, 0.3) is 0 Å². The number of hydrogen-bond donors (Lipinski definition) is 1. The second-order valence-electron chi connectivity index (χ2n) is 4.43. The largest absolute Gasteiger partial charge is 0.384 e. The highest BCUT2D eigenvalue weighted by molar-refractivity contribution is 6.01. The van der Waals surface area contributed by atoms with E-state index in [0.29, 0.717) is 11.1 Å². The topological polar surface area (TPSA) is 60.9 Å². The Morgan fingerprint density at radius 1 is 1.35 bits per heavy atom. The number of benzene rings is 1. The van der Waals surface area contributed by atoms with Crippen molar-refractivity contribution >= 4 is 11.9 Å². The van der Waals surface area contributed by atoms with Crippen LogP contribution in [0.4, 0.5) is 9.18 Å². The Morgan fingerprint density at radius 2 is 2.10 bits per heavy atom. The number of urea groups is 1. The van der Waals surface area contributed by atoms with E-state index in [1.54, 1.807) is 6.07 Å². The minimum absolute atomic E-state index is 0.00751. The van der Waals surface area contributed by atoms with E-state index in [1.807, 2.05) is 0 Å². The number of nitrogens with zero attached hydrogens (tertiary/aromatic N) is 2. The van der Waals surface area contributed by atoms with Gasteiger partial charge in [-0.1, -0.05) is 11.8 Å². The summed E-state index contributed by atoms with van der Waals surface area (Å²) in [6.07, 6.45) is 0. The highest BCUT2D eigenvalue weighted by Crippen LogP contribution is 2.15. The Bertz CT molecular complexity index is 619. The number of rotatable bonds is 2. The van der Waals surface area contributed by atoms with E-state index in [0.717, 1.165) is 4.90 Å². The molecule has 1 N–H and O–H groups in total. The summed E-state index contributed by atoms with van der Waals surface area (Å²) in [7, 11) is 1.53. The maximum absolute atomic E-state index is 13.5. The van der Waals surface area contributed by atoms with Crippen molar-refractivity contribution in [2.24, 2.45) is 0 Å². The van der Waals surface area contributed by atoms with E-state index in [-0.39, 0.29) is 25.6 Å². The molecule has 104 valence electrons. The standard InChI is InChI=1S/C14H13FN2O3/c1-16-9-13(19)17(14(16)20)8-11-5-10(3-2-4-18)6-12(15)7-11/h5-7,18H,4,8-9H2,1H3. The molecular weight excluding hydrogens is 263 g/mol. The molecule has 1 aliphatic heterocycles. The normalized spacial score (nSPS) is 14.6. The van der Waals surface area contributed by atoms with Crippen molar-refractivity contribution in [3.63, 3.8) is 0 Å². The zero-order valence-electron chi connectivity index (χ0n) is 10.9. The van der Waals surface area contributed by atoms with Gasteiger partial charge < -0.3 is 10.0 Å². The molecule has 20 heavy (non-hydrogen) atoms. The Hall–Kier alpha value is -2.39. The molecule has 1 saturated heterocycles. The first-order valence-corrected chi connectivity index (χ1v) is 5.96. The summed E-state index contributed by atoms with van der Waals surface area (Å²) in [5, 5.41) is 8.62. The average molecular weight is 276 g/mol. The predicted molar refractivity (Wildman–Crippen MR) is 68.9 cm³/mol. The number of amides is 3. The molecule has 0 unspecified atom stereocenters. The van der Waals surface area contributed by atoms with Gasteiger partial charge >= 0.3 is 6.03 Å². The van der Waals surface area contributed by atoms with Gasteiger partial charge in [0.15, 0.2) is 0 Å². The van der Waals surface area contributed by atoms with Crippen molar-refractivity contribution in [3.8, 4) is 11.8 Å². The van der Waals surface area contributed by atoms with E-state index in [9.17, 15) is 14.0 Å². The number of carbonyl (C=O) groups is 2. The average Bonchev–Trinajstić information content (AvgIpc) is 2.62. The fraction of sp³-hybridized carbons (Fsp3) is 0.286. The van der Waals surface area contributed by atoms with Crippen LogP contribution in [-0.2, 0) is 11.3 Å². The molecule has 0 aliphatic carbocycles. The number of hydrogen-bond acceptors (Lipinski definition) is 3. The van der Waals surface area contributed by atoms with Crippen molar-refractivity contribution in [3.05, 3.63) is 35.1 Å². The van der Waals surface area contributed by atoms with Crippen LogP contribution in [0.2, 0.25) is 0 Å². The number of carbonyl (C=O) groups excluding carboxylic acids is 2. The Morgan fingerprint density at radius 3 is 2.70 bits per heavy atom. The lowest BCUT2D eigenvalue weighted by molar-refractivity contribution is -0.125. The van der Waals surface area contributed by atoms with E-state index in [1.165, 1.54) is 24.1 Å². The summed E-state index contributed by atoms with van der Waals surface area (Å²) in [5.74, 6) is 4.20. The first-order valence-electron chi connectivity index (χ1n) is 5.96. The number of likely N-dealkylation sites (N-methyl/N-ethyl adjacent to an activating group) is 1. The highest BCUT2D eigenvalue weighted by Gasteiger charge is 2.33. The van der Waals surface area contributed by atoms with Gasteiger partial charge in [-0.3, -0.25) is 9.69 Å². The van der Waals surface area contributed by atoms with E-state index in [2.05, 4.69) is 11.8 Å². The van der Waals surface area contributed by atoms with E-state index < -0.39 is 11.8 Å². The quantitative estimate of drug-likeness (QED) is 0.634. The van der Waals surface area contributed by atoms with Crippen molar-refractivity contribution in [2.75, 3.05) is 20.2 Å². The summed E-state index contributed by atoms with van der Waals surface area (Å²) in [6, 6.07) is 3.67. The van der Waals surface area contributed by atoms with Crippen LogP contribution in [0.15, 0.2) is 18.2 Å². The van der Waals surface area contributed by atoms with Crippen molar-refractivity contribution in [1.29, 1.82) is 0 Å². The lowest BCUT2D eigenvalue weighted by Gasteiger charge is -2.14. The van der Waals surface area contributed by atoms with Crippen molar-refractivity contribution in [2.45, 2.75) is 6.54 Å². The second kappa shape index (κ2) is 5.72. The molecule has 1 heterocycles. The summed E-state index contributed by atoms with van der Waals surface area (Å²) < 4.78 is 13.5. The van der Waals surface area contributed by atoms with Crippen LogP contribution in [0.3, 0.4) is 0 Å². The Balaban J connectivity index is 2.23. The highest BCUT2D eigenvalue weighted by atomic mass is 19.1. The maximum Gasteiger partial charge on any atom is 0.327 e. The fourth-order valence-electron chi connectivity index (χ4n) is 1.96. The van der Waals surface area contributed by atoms with Crippen LogP contribution >= 0.6 is 0 Å². The van der Waals surface area contributed by atoms with Gasteiger partial charge in [0.25, 0.3) is 5.91 Å². The molecule has 1 aliphatic rings. The first kappa shape index (κ1) is 14.0. The molecule has 2 rings (SSSR count). The van der Waals surface area contributed by atoms with E-state index in [4.69, 9.17) is 5.11 Å². The molecular formula is C14H13FN2O3. The summed E-state index contributed by atoms with van der Waals surface area (Å²) in [5.41, 5.74) is 0.866. The van der Waals surface area contributed by atoms with Gasteiger partial charge in [0, 0.05) is 12.6 Å². The van der Waals surface area contributed by atoms with E-state index >= 15 is 0 Å². The van der Waals surface area contributed by atoms with Crippen molar-refractivity contribution < 1.29 is 19.1 Å². The van der Waals surface area contributed by atoms with Crippen LogP contribution in [-0.4, -0.2) is 47.0 Å². The van der Waals surface area contributed by atoms with Gasteiger partial charge in [0.2, 0.25) is 0 Å². The SMILES string of the molecule is CN1CC(=O)N(Cc2cc(F)cc(C#CCO)c2)C1=O. The molecule has 0 aromatic heterocycles. The predicted octanol–water partition coefficient (Wildman–Crippen LogP) is 0.563. The third kappa shape index (κ3) is 2.95. The first-order chi connectivity index (χ1) is 9.51. The van der Waals surface area contributed by atoms with Crippen molar-refractivity contribution in [1.82, 2.24) is 9.80 Å². The molecule has 0 atom stereocenters. The van der Waals surface area contributed by atoms with Gasteiger partial charge in [-0.2, -0.15) is 0 Å². The molecule has 0 bridgehead atoms. The maximum atomic E-state index is 13.5. The molecule has 1 fully saturated rings. The minimum Gasteiger partial charge on any atom is -0.384 e. The molecule has 1 aromatic rings. The smallest absolute Gasteiger partial charge is 0.327 e. The van der Waals surface area contributed by atoms with Gasteiger partial charge in [0.05, 0.1) is 6.54 Å². The fourth-order valence-corrected chi connectivity index (χ4v) is 1.96.